The minimum atomic E-state index is -3.11. The van der Waals surface area contributed by atoms with Crippen LogP contribution in [0.4, 0.5) is 0 Å². The zero-order valence-electron chi connectivity index (χ0n) is 10.2. The molecule has 0 aliphatic rings. The first kappa shape index (κ1) is 15.9. The number of carboxylic acids is 1. The van der Waals surface area contributed by atoms with Gasteiger partial charge in [0.2, 0.25) is 0 Å². The molecule has 1 atom stereocenters. The Balaban J connectivity index is 5.57. The van der Waals surface area contributed by atoms with Crippen LogP contribution in [0.25, 0.3) is 0 Å². The second-order valence-electron chi connectivity index (χ2n) is 3.03. The van der Waals surface area contributed by atoms with Gasteiger partial charge in [-0.2, -0.15) is 0 Å². The number of methoxy groups -OCH3 is 1. The van der Waals surface area contributed by atoms with Gasteiger partial charge in [0.15, 0.2) is 0 Å². The van der Waals surface area contributed by atoms with E-state index in [9.17, 15) is 19.2 Å². The molecule has 0 fully saturated rings. The molecule has 0 rings (SSSR count). The fourth-order valence-electron chi connectivity index (χ4n) is 1.00. The van der Waals surface area contributed by atoms with E-state index in [4.69, 9.17) is 5.11 Å². The van der Waals surface area contributed by atoms with Crippen molar-refractivity contribution in [2.75, 3.05) is 13.7 Å². The van der Waals surface area contributed by atoms with Gasteiger partial charge in [0.05, 0.1) is 13.7 Å². The van der Waals surface area contributed by atoms with Crippen molar-refractivity contribution in [3.63, 3.8) is 0 Å². The van der Waals surface area contributed by atoms with Crippen molar-refractivity contribution in [2.24, 2.45) is 0 Å². The van der Waals surface area contributed by atoms with Gasteiger partial charge < -0.3 is 19.3 Å². The number of carbonyl (C=O) groups is 4. The molecule has 18 heavy (non-hydrogen) atoms. The van der Waals surface area contributed by atoms with Crippen LogP contribution < -0.4 is 0 Å². The van der Waals surface area contributed by atoms with Crippen molar-refractivity contribution in [3.8, 4) is 0 Å². The maximum absolute atomic E-state index is 11.6. The Morgan fingerprint density at radius 3 is 2.00 bits per heavy atom. The van der Waals surface area contributed by atoms with Crippen LogP contribution >= 0.6 is 0 Å². The van der Waals surface area contributed by atoms with Gasteiger partial charge in [-0.1, -0.05) is 6.92 Å². The lowest BCUT2D eigenvalue weighted by atomic mass is 10.0. The second-order valence-corrected chi connectivity index (χ2v) is 3.03. The Morgan fingerprint density at radius 1 is 1.11 bits per heavy atom. The Kier molecular flexibility index (Phi) is 5.80. The average molecular weight is 262 g/mol. The van der Waals surface area contributed by atoms with Crippen molar-refractivity contribution >= 4 is 23.9 Å². The Bertz CT molecular complexity index is 361. The SMILES string of the molecule is CCOC(=O)C(OC(=O)CC)(C(=O)O)C(=O)OC. The van der Waals surface area contributed by atoms with Gasteiger partial charge >= 0.3 is 29.5 Å². The molecule has 0 aliphatic heterocycles. The summed E-state index contributed by atoms with van der Waals surface area (Å²) in [6.07, 6.45) is -0.217. The molecule has 0 heterocycles. The fraction of sp³-hybridized carbons (Fsp3) is 0.600. The number of carboxylic acid groups (broad SMARTS) is 1. The summed E-state index contributed by atoms with van der Waals surface area (Å²) < 4.78 is 13.1. The van der Waals surface area contributed by atoms with Crippen molar-refractivity contribution < 1.29 is 38.5 Å². The van der Waals surface area contributed by atoms with Crippen LogP contribution in [-0.2, 0) is 33.4 Å². The first-order valence-corrected chi connectivity index (χ1v) is 5.07. The number of hydrogen-bond acceptors (Lipinski definition) is 7. The van der Waals surface area contributed by atoms with Gasteiger partial charge in [-0.15, -0.1) is 0 Å². The highest BCUT2D eigenvalue weighted by Crippen LogP contribution is 2.18. The van der Waals surface area contributed by atoms with E-state index in [2.05, 4.69) is 14.2 Å². The monoisotopic (exact) mass is 262 g/mol. The summed E-state index contributed by atoms with van der Waals surface area (Å²) >= 11 is 0. The number of rotatable bonds is 6. The molecule has 0 aromatic rings. The Labute approximate surface area is 103 Å². The van der Waals surface area contributed by atoms with E-state index in [0.717, 1.165) is 7.11 Å². The highest BCUT2D eigenvalue weighted by molar-refractivity contribution is 6.22. The minimum Gasteiger partial charge on any atom is -0.477 e. The zero-order chi connectivity index (χ0) is 14.3. The minimum absolute atomic E-state index is 0.186. The molecule has 0 aliphatic carbocycles. The molecule has 1 unspecified atom stereocenters. The first-order valence-electron chi connectivity index (χ1n) is 5.07. The summed E-state index contributed by atoms with van der Waals surface area (Å²) in [7, 11) is 0.860. The van der Waals surface area contributed by atoms with Crippen molar-refractivity contribution in [3.05, 3.63) is 0 Å². The van der Waals surface area contributed by atoms with E-state index in [-0.39, 0.29) is 13.0 Å². The van der Waals surface area contributed by atoms with Crippen molar-refractivity contribution in [2.45, 2.75) is 25.9 Å². The topological polar surface area (TPSA) is 116 Å². The predicted octanol–water partition coefficient (Wildman–Crippen LogP) is -0.501. The molecule has 1 N–H and O–H groups in total. The van der Waals surface area contributed by atoms with Gasteiger partial charge in [0.1, 0.15) is 0 Å². The molecule has 102 valence electrons. The molecule has 8 nitrogen and oxygen atoms in total. The molecule has 0 bridgehead atoms. The molecule has 0 aromatic heterocycles. The number of ether oxygens (including phenoxy) is 3. The molecule has 0 spiro atoms. The summed E-state index contributed by atoms with van der Waals surface area (Å²) in [4.78, 5) is 45.3. The maximum Gasteiger partial charge on any atom is 0.400 e. The number of carbonyl (C=O) groups excluding carboxylic acids is 3. The molecule has 0 saturated carbocycles. The summed E-state index contributed by atoms with van der Waals surface area (Å²) in [5, 5.41) is 8.99. The van der Waals surface area contributed by atoms with E-state index >= 15 is 0 Å². The first-order chi connectivity index (χ1) is 8.36. The fourth-order valence-corrected chi connectivity index (χ4v) is 1.00. The molecule has 8 heteroatoms. The van der Waals surface area contributed by atoms with E-state index in [1.54, 1.807) is 0 Å². The normalized spacial score (nSPS) is 13.1. The highest BCUT2D eigenvalue weighted by atomic mass is 16.6. The van der Waals surface area contributed by atoms with Crippen molar-refractivity contribution in [1.29, 1.82) is 0 Å². The number of aliphatic carboxylic acids is 1. The lowest BCUT2D eigenvalue weighted by Crippen LogP contribution is -2.58. The van der Waals surface area contributed by atoms with Crippen LogP contribution in [0, 0.1) is 0 Å². The van der Waals surface area contributed by atoms with E-state index < -0.39 is 29.5 Å². The van der Waals surface area contributed by atoms with E-state index in [1.165, 1.54) is 13.8 Å². The van der Waals surface area contributed by atoms with Crippen LogP contribution in [0.15, 0.2) is 0 Å². The van der Waals surface area contributed by atoms with E-state index in [0.29, 0.717) is 0 Å². The van der Waals surface area contributed by atoms with Crippen LogP contribution in [-0.4, -0.2) is 48.3 Å². The summed E-state index contributed by atoms with van der Waals surface area (Å²) in [5.74, 6) is -6.06. The zero-order valence-corrected chi connectivity index (χ0v) is 10.2. The number of esters is 3. The largest absolute Gasteiger partial charge is 0.477 e. The molecular formula is C10H14O8. The summed E-state index contributed by atoms with van der Waals surface area (Å²) in [5.41, 5.74) is -3.11. The molecular weight excluding hydrogens is 248 g/mol. The van der Waals surface area contributed by atoms with Crippen molar-refractivity contribution in [1.82, 2.24) is 0 Å². The predicted molar refractivity (Wildman–Crippen MR) is 55.4 cm³/mol. The average Bonchev–Trinajstić information content (AvgIpc) is 2.34. The van der Waals surface area contributed by atoms with Gasteiger partial charge in [-0.3, -0.25) is 4.79 Å². The molecule has 0 saturated heterocycles. The second kappa shape index (κ2) is 6.58. The van der Waals surface area contributed by atoms with Crippen LogP contribution in [0.2, 0.25) is 0 Å². The van der Waals surface area contributed by atoms with Gasteiger partial charge in [-0.25, -0.2) is 14.4 Å². The Morgan fingerprint density at radius 2 is 1.67 bits per heavy atom. The van der Waals surface area contributed by atoms with Crippen LogP contribution in [0.1, 0.15) is 20.3 Å². The Hall–Kier alpha value is -2.12. The van der Waals surface area contributed by atoms with Crippen LogP contribution in [0.5, 0.6) is 0 Å². The van der Waals surface area contributed by atoms with Gasteiger partial charge in [-0.05, 0) is 6.92 Å². The maximum atomic E-state index is 11.6. The van der Waals surface area contributed by atoms with Gasteiger partial charge in [0, 0.05) is 6.42 Å². The standard InChI is InChI=1S/C10H14O8/c1-4-6(11)18-10(7(12)13,8(14)16-3)9(15)17-5-2/h4-5H2,1-3H3,(H,12,13). The lowest BCUT2D eigenvalue weighted by molar-refractivity contribution is -0.202. The molecule has 0 amide bonds. The molecule has 0 radical (unpaired) electrons. The molecule has 0 aromatic carbocycles. The number of hydrogen-bond donors (Lipinski definition) is 1. The summed E-state index contributed by atoms with van der Waals surface area (Å²) in [6, 6.07) is 0. The van der Waals surface area contributed by atoms with E-state index in [1.807, 2.05) is 0 Å². The van der Waals surface area contributed by atoms with Gasteiger partial charge in [0.25, 0.3) is 0 Å². The highest BCUT2D eigenvalue weighted by Gasteiger charge is 2.60. The third kappa shape index (κ3) is 2.96. The third-order valence-corrected chi connectivity index (χ3v) is 1.89. The quantitative estimate of drug-likeness (QED) is 0.387. The lowest BCUT2D eigenvalue weighted by Gasteiger charge is -2.23. The third-order valence-electron chi connectivity index (χ3n) is 1.89. The summed E-state index contributed by atoms with van der Waals surface area (Å²) in [6.45, 7) is 2.59. The van der Waals surface area contributed by atoms with Crippen LogP contribution in [0.3, 0.4) is 0 Å². The smallest absolute Gasteiger partial charge is 0.400 e.